The first-order valence-corrected chi connectivity index (χ1v) is 12.2. The van der Waals surface area contributed by atoms with E-state index < -0.39 is 23.4 Å². The smallest absolute Gasteiger partial charge is 0.343 e. The highest BCUT2D eigenvalue weighted by Gasteiger charge is 2.21. The molecule has 1 amide bonds. The lowest BCUT2D eigenvalue weighted by atomic mass is 10.1. The predicted octanol–water partition coefficient (Wildman–Crippen LogP) is 4.00. The van der Waals surface area contributed by atoms with E-state index >= 15 is 0 Å². The third-order valence-electron chi connectivity index (χ3n) is 5.75. The molecule has 204 valence electrons. The van der Waals surface area contributed by atoms with Crippen LogP contribution in [0.1, 0.15) is 31.1 Å². The van der Waals surface area contributed by atoms with Crippen molar-refractivity contribution in [2.75, 3.05) is 26.3 Å². The van der Waals surface area contributed by atoms with Gasteiger partial charge in [-0.2, -0.15) is 0 Å². The van der Waals surface area contributed by atoms with Crippen LogP contribution in [-0.4, -0.2) is 43.8 Å². The van der Waals surface area contributed by atoms with Crippen molar-refractivity contribution in [3.05, 3.63) is 112 Å². The number of rotatable bonds is 8. The quantitative estimate of drug-likeness (QED) is 0.196. The van der Waals surface area contributed by atoms with E-state index in [-0.39, 0.29) is 28.2 Å². The zero-order chi connectivity index (χ0) is 28.8. The number of benzene rings is 3. The van der Waals surface area contributed by atoms with Crippen molar-refractivity contribution in [3.8, 4) is 23.0 Å². The Morgan fingerprint density at radius 2 is 1.20 bits per heavy atom. The Kier molecular flexibility index (Phi) is 8.55. The molecule has 0 saturated heterocycles. The molecule has 0 atom stereocenters. The van der Waals surface area contributed by atoms with Gasteiger partial charge >= 0.3 is 11.9 Å². The minimum atomic E-state index is -0.761. The van der Waals surface area contributed by atoms with E-state index in [0.717, 1.165) is 9.69 Å². The van der Waals surface area contributed by atoms with Gasteiger partial charge in [0.25, 0.3) is 11.5 Å². The highest BCUT2D eigenvalue weighted by atomic mass is 32.1. The molecule has 0 aliphatic rings. The fourth-order valence-electron chi connectivity index (χ4n) is 3.57. The second kappa shape index (κ2) is 12.2. The minimum Gasteiger partial charge on any atom is -0.497 e. The minimum absolute atomic E-state index is 0.0612. The van der Waals surface area contributed by atoms with E-state index in [1.54, 1.807) is 30.3 Å². The molecular weight excluding hydrogens is 536 g/mol. The summed E-state index contributed by atoms with van der Waals surface area (Å²) in [6.45, 7) is 0. The fourth-order valence-corrected chi connectivity index (χ4v) is 3.75. The van der Waals surface area contributed by atoms with Gasteiger partial charge in [-0.25, -0.2) is 19.3 Å². The maximum absolute atomic E-state index is 13.2. The van der Waals surface area contributed by atoms with Gasteiger partial charge in [0.15, 0.2) is 11.5 Å². The van der Waals surface area contributed by atoms with E-state index in [1.807, 2.05) is 0 Å². The summed E-state index contributed by atoms with van der Waals surface area (Å²) in [6, 6.07) is 19.2. The van der Waals surface area contributed by atoms with Gasteiger partial charge in [0.1, 0.15) is 11.5 Å². The van der Waals surface area contributed by atoms with Crippen LogP contribution < -0.4 is 29.5 Å². The molecule has 0 spiro atoms. The first-order chi connectivity index (χ1) is 19.2. The monoisotopic (exact) mass is 560 g/mol. The van der Waals surface area contributed by atoms with Crippen molar-refractivity contribution in [1.29, 1.82) is 0 Å². The number of thiol groups is 1. The van der Waals surface area contributed by atoms with Gasteiger partial charge in [0.2, 0.25) is 0 Å². The molecule has 0 fully saturated rings. The summed E-state index contributed by atoms with van der Waals surface area (Å²) in [5.41, 5.74) is 0.00582. The van der Waals surface area contributed by atoms with Gasteiger partial charge in [0, 0.05) is 29.8 Å². The van der Waals surface area contributed by atoms with Crippen molar-refractivity contribution < 1.29 is 33.3 Å². The summed E-state index contributed by atoms with van der Waals surface area (Å²) in [6.07, 6.45) is 1.40. The van der Waals surface area contributed by atoms with E-state index in [4.69, 9.17) is 18.9 Å². The number of hydrogen-bond donors (Lipinski definition) is 1. The lowest BCUT2D eigenvalue weighted by Gasteiger charge is -2.20. The number of pyridine rings is 1. The molecule has 1 aromatic heterocycles. The lowest BCUT2D eigenvalue weighted by molar-refractivity contribution is 0.0682. The molecule has 4 aromatic rings. The molecule has 11 heteroatoms. The number of amides is 1. The maximum atomic E-state index is 13.2. The third-order valence-corrected chi connectivity index (χ3v) is 6.03. The number of aromatic nitrogens is 1. The van der Waals surface area contributed by atoms with Gasteiger partial charge in [0.05, 0.1) is 25.3 Å². The summed E-state index contributed by atoms with van der Waals surface area (Å²) in [7, 11) is 4.41. The Hall–Kier alpha value is -5.03. The molecule has 0 radical (unpaired) electrons. The normalized spacial score (nSPS) is 10.4. The molecule has 40 heavy (non-hydrogen) atoms. The molecule has 3 aromatic carbocycles. The summed E-state index contributed by atoms with van der Waals surface area (Å²) >= 11 is 4.13. The first-order valence-electron chi connectivity index (χ1n) is 11.8. The van der Waals surface area contributed by atoms with Crippen molar-refractivity contribution in [2.24, 2.45) is 0 Å². The van der Waals surface area contributed by atoms with Crippen LogP contribution in [0.15, 0.2) is 94.7 Å². The Bertz CT molecular complexity index is 1610. The molecule has 4 rings (SSSR count). The SMILES string of the molecule is COc1ccc(C(=O)Oc2ccc(C(=O)N(C)n3ccc(S)cc3=O)cc2OC(=O)c2ccc(OC)cc2)cc1. The molecular formula is C29H24N2O8S. The van der Waals surface area contributed by atoms with Crippen molar-refractivity contribution >= 4 is 30.5 Å². The highest BCUT2D eigenvalue weighted by Crippen LogP contribution is 2.31. The molecule has 0 unspecified atom stereocenters. The Morgan fingerprint density at radius 1 is 0.700 bits per heavy atom. The molecule has 0 saturated carbocycles. The van der Waals surface area contributed by atoms with Gasteiger partial charge in [-0.3, -0.25) is 9.59 Å². The summed E-state index contributed by atoms with van der Waals surface area (Å²) in [5.74, 6) is -1.26. The summed E-state index contributed by atoms with van der Waals surface area (Å²) in [4.78, 5) is 51.8. The first kappa shape index (κ1) is 28.0. The van der Waals surface area contributed by atoms with Crippen LogP contribution in [0, 0.1) is 0 Å². The van der Waals surface area contributed by atoms with E-state index in [1.165, 1.54) is 76.0 Å². The maximum Gasteiger partial charge on any atom is 0.343 e. The average molecular weight is 561 g/mol. The van der Waals surface area contributed by atoms with Crippen LogP contribution in [0.3, 0.4) is 0 Å². The average Bonchev–Trinajstić information content (AvgIpc) is 2.97. The molecule has 0 aliphatic heterocycles. The molecule has 0 N–H and O–H groups in total. The molecule has 10 nitrogen and oxygen atoms in total. The predicted molar refractivity (Wildman–Crippen MR) is 149 cm³/mol. The third kappa shape index (κ3) is 6.33. The van der Waals surface area contributed by atoms with Crippen LogP contribution >= 0.6 is 12.6 Å². The fraction of sp³-hybridized carbons (Fsp3) is 0.103. The zero-order valence-electron chi connectivity index (χ0n) is 21.7. The van der Waals surface area contributed by atoms with Crippen LogP contribution in [0.25, 0.3) is 0 Å². The molecule has 0 bridgehead atoms. The van der Waals surface area contributed by atoms with Crippen molar-refractivity contribution in [3.63, 3.8) is 0 Å². The van der Waals surface area contributed by atoms with Crippen LogP contribution in [0.5, 0.6) is 23.0 Å². The molecule has 1 heterocycles. The zero-order valence-corrected chi connectivity index (χ0v) is 22.6. The van der Waals surface area contributed by atoms with Gasteiger partial charge in [-0.1, -0.05) is 0 Å². The van der Waals surface area contributed by atoms with E-state index in [0.29, 0.717) is 16.4 Å². The summed E-state index contributed by atoms with van der Waals surface area (Å²) < 4.78 is 22.4. The van der Waals surface area contributed by atoms with Gasteiger partial charge in [-0.05, 0) is 72.8 Å². The van der Waals surface area contributed by atoms with Crippen LogP contribution in [0.4, 0.5) is 0 Å². The Labute approximate surface area is 234 Å². The van der Waals surface area contributed by atoms with Crippen LogP contribution in [-0.2, 0) is 0 Å². The lowest BCUT2D eigenvalue weighted by Crippen LogP contribution is -2.42. The number of carbonyl (C=O) groups is 3. The highest BCUT2D eigenvalue weighted by molar-refractivity contribution is 7.80. The summed E-state index contributed by atoms with van der Waals surface area (Å²) in [5, 5.41) is 1.09. The number of ether oxygens (including phenoxy) is 4. The number of esters is 2. The van der Waals surface area contributed by atoms with Gasteiger partial charge < -0.3 is 18.9 Å². The largest absolute Gasteiger partial charge is 0.497 e. The molecule has 0 aliphatic carbocycles. The van der Waals surface area contributed by atoms with E-state index in [2.05, 4.69) is 12.6 Å². The van der Waals surface area contributed by atoms with Crippen molar-refractivity contribution in [2.45, 2.75) is 4.90 Å². The number of methoxy groups -OCH3 is 2. The number of nitrogens with zero attached hydrogens (tertiary/aromatic N) is 2. The second-order valence-corrected chi connectivity index (χ2v) is 8.81. The van der Waals surface area contributed by atoms with E-state index in [9.17, 15) is 19.2 Å². The Morgan fingerprint density at radius 3 is 1.70 bits per heavy atom. The number of hydrogen-bond acceptors (Lipinski definition) is 9. The Balaban J connectivity index is 1.66. The van der Waals surface area contributed by atoms with Crippen molar-refractivity contribution in [1.82, 2.24) is 4.68 Å². The topological polar surface area (TPSA) is 113 Å². The number of carbonyl (C=O) groups excluding carboxylic acids is 3. The van der Waals surface area contributed by atoms with Gasteiger partial charge in [-0.15, -0.1) is 12.6 Å². The second-order valence-electron chi connectivity index (χ2n) is 8.29. The van der Waals surface area contributed by atoms with Crippen LogP contribution in [0.2, 0.25) is 0 Å². The standard InChI is InChI=1S/C29H24N2O8S/c1-30(31-15-14-23(40)17-26(31)32)27(33)20-8-13-24(38-28(34)18-4-9-21(36-2)10-5-18)25(16-20)39-29(35)19-6-11-22(37-3)12-7-19/h4-17,40H,1-3H3.